The van der Waals surface area contributed by atoms with Crippen LogP contribution in [0.4, 0.5) is 5.13 Å². The first-order valence-electron chi connectivity index (χ1n) is 5.35. The number of nitrogens with one attached hydrogen (secondary N) is 1. The highest BCUT2D eigenvalue weighted by atomic mass is 35.5. The number of halogens is 1. The van der Waals surface area contributed by atoms with E-state index in [2.05, 4.69) is 14.9 Å². The number of aromatic nitrogens is 1. The van der Waals surface area contributed by atoms with Crippen molar-refractivity contribution in [1.82, 2.24) is 4.98 Å². The van der Waals surface area contributed by atoms with Gasteiger partial charge in [-0.25, -0.2) is 13.4 Å². The fourth-order valence-corrected chi connectivity index (χ4v) is 3.46. The summed E-state index contributed by atoms with van der Waals surface area (Å²) < 4.78 is 26.5. The van der Waals surface area contributed by atoms with Crippen molar-refractivity contribution in [2.75, 3.05) is 4.72 Å². The van der Waals surface area contributed by atoms with Gasteiger partial charge in [-0.2, -0.15) is 0 Å². The third-order valence-corrected chi connectivity index (χ3v) is 4.86. The molecule has 0 unspecified atom stereocenters. The largest absolute Gasteiger partial charge is 0.411 e. The van der Waals surface area contributed by atoms with Gasteiger partial charge in [0.15, 0.2) is 5.13 Å². The highest BCUT2D eigenvalue weighted by molar-refractivity contribution is 7.93. The Morgan fingerprint density at radius 1 is 1.40 bits per heavy atom. The van der Waals surface area contributed by atoms with E-state index in [1.165, 1.54) is 24.3 Å². The second-order valence-corrected chi connectivity index (χ2v) is 6.76. The normalized spacial score (nSPS) is 12.4. The first-order chi connectivity index (χ1) is 9.42. The zero-order valence-electron chi connectivity index (χ0n) is 10.2. The zero-order valence-corrected chi connectivity index (χ0v) is 12.6. The fourth-order valence-electron chi connectivity index (χ4n) is 1.33. The van der Waals surface area contributed by atoms with Crippen molar-refractivity contribution >= 4 is 43.8 Å². The fraction of sp³-hybridized carbons (Fsp3) is 0.0909. The maximum atomic E-state index is 12.1. The molecule has 0 saturated carbocycles. The molecule has 1 aromatic heterocycles. The van der Waals surface area contributed by atoms with E-state index < -0.39 is 10.0 Å². The molecule has 106 valence electrons. The lowest BCUT2D eigenvalue weighted by Crippen LogP contribution is -2.12. The van der Waals surface area contributed by atoms with Crippen LogP contribution < -0.4 is 4.72 Å². The molecule has 9 heteroatoms. The van der Waals surface area contributed by atoms with Gasteiger partial charge in [-0.3, -0.25) is 4.72 Å². The molecule has 0 aliphatic rings. The van der Waals surface area contributed by atoms with Gasteiger partial charge in [0.1, 0.15) is 11.4 Å². The number of sulfonamides is 1. The molecule has 0 aliphatic heterocycles. The maximum Gasteiger partial charge on any atom is 0.263 e. The van der Waals surface area contributed by atoms with Crippen molar-refractivity contribution in [3.63, 3.8) is 0 Å². The van der Waals surface area contributed by atoms with Gasteiger partial charge in [0, 0.05) is 10.4 Å². The Bertz CT molecular complexity index is 739. The van der Waals surface area contributed by atoms with Gasteiger partial charge in [0.2, 0.25) is 0 Å². The monoisotopic (exact) mass is 331 g/mol. The molecule has 0 amide bonds. The predicted octanol–water partition coefficient (Wildman–Crippen LogP) is 2.80. The third-order valence-electron chi connectivity index (χ3n) is 2.37. The SMILES string of the molecule is CC(=NO)c1csc(NS(=O)(=O)c2ccc(Cl)cc2)n1. The summed E-state index contributed by atoms with van der Waals surface area (Å²) in [5, 5.41) is 13.9. The first kappa shape index (κ1) is 14.8. The molecule has 1 heterocycles. The first-order valence-corrected chi connectivity index (χ1v) is 8.09. The molecule has 2 N–H and O–H groups in total. The van der Waals surface area contributed by atoms with Crippen LogP contribution in [0.2, 0.25) is 5.02 Å². The van der Waals surface area contributed by atoms with E-state index >= 15 is 0 Å². The number of thiazole rings is 1. The minimum absolute atomic E-state index is 0.0891. The average molecular weight is 332 g/mol. The summed E-state index contributed by atoms with van der Waals surface area (Å²) >= 11 is 6.81. The average Bonchev–Trinajstić information content (AvgIpc) is 2.86. The van der Waals surface area contributed by atoms with Crippen LogP contribution in [0.15, 0.2) is 39.7 Å². The van der Waals surface area contributed by atoms with Crippen LogP contribution in [0.5, 0.6) is 0 Å². The van der Waals surface area contributed by atoms with Crippen molar-refractivity contribution in [1.29, 1.82) is 0 Å². The van der Waals surface area contributed by atoms with Crippen LogP contribution in [-0.4, -0.2) is 24.3 Å². The van der Waals surface area contributed by atoms with E-state index in [9.17, 15) is 8.42 Å². The molecule has 0 radical (unpaired) electrons. The number of benzene rings is 1. The predicted molar refractivity (Wildman–Crippen MR) is 78.4 cm³/mol. The van der Waals surface area contributed by atoms with Crippen molar-refractivity contribution < 1.29 is 13.6 Å². The summed E-state index contributed by atoms with van der Waals surface area (Å²) in [6, 6.07) is 5.79. The van der Waals surface area contributed by atoms with E-state index in [4.69, 9.17) is 16.8 Å². The van der Waals surface area contributed by atoms with Crippen molar-refractivity contribution in [2.45, 2.75) is 11.8 Å². The molecule has 2 rings (SSSR count). The van der Waals surface area contributed by atoms with Crippen molar-refractivity contribution in [2.24, 2.45) is 5.16 Å². The summed E-state index contributed by atoms with van der Waals surface area (Å²) in [6.45, 7) is 1.56. The summed E-state index contributed by atoms with van der Waals surface area (Å²) in [5.41, 5.74) is 0.712. The molecule has 0 bridgehead atoms. The molecule has 6 nitrogen and oxygen atoms in total. The molecule has 0 aliphatic carbocycles. The van der Waals surface area contributed by atoms with Gasteiger partial charge in [-0.15, -0.1) is 11.3 Å². The smallest absolute Gasteiger partial charge is 0.263 e. The molecule has 1 aromatic carbocycles. The van der Waals surface area contributed by atoms with Crippen LogP contribution in [0, 0.1) is 0 Å². The minimum atomic E-state index is -3.71. The Kier molecular flexibility index (Phi) is 4.26. The van der Waals surface area contributed by atoms with Crippen LogP contribution in [-0.2, 0) is 10.0 Å². The minimum Gasteiger partial charge on any atom is -0.411 e. The number of oxime groups is 1. The van der Waals surface area contributed by atoms with E-state index in [1.807, 2.05) is 0 Å². The standard InChI is InChI=1S/C11H10ClN3O3S2/c1-7(14-16)10-6-19-11(13-10)15-20(17,18)9-4-2-8(12)3-5-9/h2-6,16H,1H3,(H,13,15). The van der Waals surface area contributed by atoms with Crippen LogP contribution in [0.1, 0.15) is 12.6 Å². The zero-order chi connectivity index (χ0) is 14.8. The number of anilines is 1. The van der Waals surface area contributed by atoms with E-state index in [0.29, 0.717) is 16.4 Å². The number of nitrogens with zero attached hydrogens (tertiary/aromatic N) is 2. The highest BCUT2D eigenvalue weighted by Gasteiger charge is 2.16. The number of hydrogen-bond donors (Lipinski definition) is 2. The van der Waals surface area contributed by atoms with Gasteiger partial charge in [0.25, 0.3) is 10.0 Å². The molecular formula is C11H10ClN3O3S2. The third kappa shape index (κ3) is 3.27. The highest BCUT2D eigenvalue weighted by Crippen LogP contribution is 2.21. The van der Waals surface area contributed by atoms with Gasteiger partial charge in [0.05, 0.1) is 4.90 Å². The van der Waals surface area contributed by atoms with Crippen molar-refractivity contribution in [3.05, 3.63) is 40.4 Å². The topological polar surface area (TPSA) is 91.7 Å². The lowest BCUT2D eigenvalue weighted by molar-refractivity contribution is 0.319. The molecular weight excluding hydrogens is 322 g/mol. The maximum absolute atomic E-state index is 12.1. The number of rotatable bonds is 4. The molecule has 0 fully saturated rings. The Morgan fingerprint density at radius 3 is 2.65 bits per heavy atom. The summed E-state index contributed by atoms with van der Waals surface area (Å²) in [7, 11) is -3.71. The Hall–Kier alpha value is -1.64. The second kappa shape index (κ2) is 5.78. The van der Waals surface area contributed by atoms with E-state index in [1.54, 1.807) is 12.3 Å². The van der Waals surface area contributed by atoms with E-state index in [-0.39, 0.29) is 10.0 Å². The van der Waals surface area contributed by atoms with Crippen LogP contribution in [0.25, 0.3) is 0 Å². The van der Waals surface area contributed by atoms with Gasteiger partial charge in [-0.1, -0.05) is 16.8 Å². The second-order valence-electron chi connectivity index (χ2n) is 3.78. The van der Waals surface area contributed by atoms with Crippen LogP contribution in [0.3, 0.4) is 0 Å². The summed E-state index contributed by atoms with van der Waals surface area (Å²) in [5.74, 6) is 0. The molecule has 0 atom stereocenters. The number of hydrogen-bond acceptors (Lipinski definition) is 6. The van der Waals surface area contributed by atoms with E-state index in [0.717, 1.165) is 11.3 Å². The van der Waals surface area contributed by atoms with Gasteiger partial charge >= 0.3 is 0 Å². The summed E-state index contributed by atoms with van der Waals surface area (Å²) in [6.07, 6.45) is 0. The van der Waals surface area contributed by atoms with Crippen LogP contribution >= 0.6 is 22.9 Å². The molecule has 0 spiro atoms. The Morgan fingerprint density at radius 2 is 2.05 bits per heavy atom. The molecule has 2 aromatic rings. The quantitative estimate of drug-likeness (QED) is 0.512. The van der Waals surface area contributed by atoms with Crippen molar-refractivity contribution in [3.8, 4) is 0 Å². The summed E-state index contributed by atoms with van der Waals surface area (Å²) in [4.78, 5) is 4.11. The van der Waals surface area contributed by atoms with Gasteiger partial charge in [-0.05, 0) is 31.2 Å². The molecule has 20 heavy (non-hydrogen) atoms. The van der Waals surface area contributed by atoms with Gasteiger partial charge < -0.3 is 5.21 Å². The lowest BCUT2D eigenvalue weighted by atomic mass is 10.3. The molecule has 0 saturated heterocycles. The Balaban J connectivity index is 2.24. The Labute approximate surface area is 124 Å². The lowest BCUT2D eigenvalue weighted by Gasteiger charge is -2.04.